The molecule has 0 saturated carbocycles. The number of hydrogen-bond acceptors (Lipinski definition) is 3. The van der Waals surface area contributed by atoms with Crippen molar-refractivity contribution in [3.63, 3.8) is 0 Å². The first-order valence-electron chi connectivity index (χ1n) is 4.92. The van der Waals surface area contributed by atoms with Crippen molar-refractivity contribution in [2.75, 3.05) is 6.61 Å². The maximum absolute atomic E-state index is 13.3. The molecular formula is C11H12FNO2. The predicted molar refractivity (Wildman–Crippen MR) is 52.9 cm³/mol. The van der Waals surface area contributed by atoms with Crippen LogP contribution in [0.15, 0.2) is 12.1 Å². The van der Waals surface area contributed by atoms with E-state index < -0.39 is 0 Å². The van der Waals surface area contributed by atoms with Gasteiger partial charge >= 0.3 is 5.97 Å². The number of nitrogens with one attached hydrogen (secondary N) is 1. The Balaban J connectivity index is 2.41. The second-order valence-electron chi connectivity index (χ2n) is 3.38. The molecule has 0 aliphatic carbocycles. The van der Waals surface area contributed by atoms with Crippen LogP contribution in [0.4, 0.5) is 4.39 Å². The Bertz CT molecular complexity index is 404. The molecule has 0 spiro atoms. The van der Waals surface area contributed by atoms with Gasteiger partial charge in [-0.3, -0.25) is 0 Å². The molecule has 80 valence electrons. The van der Waals surface area contributed by atoms with Crippen LogP contribution >= 0.6 is 0 Å². The van der Waals surface area contributed by atoms with Gasteiger partial charge in [0.1, 0.15) is 5.82 Å². The van der Waals surface area contributed by atoms with Crippen molar-refractivity contribution < 1.29 is 13.9 Å². The minimum Gasteiger partial charge on any atom is -0.462 e. The highest BCUT2D eigenvalue weighted by Gasteiger charge is 2.22. The van der Waals surface area contributed by atoms with E-state index in [2.05, 4.69) is 5.32 Å². The molecule has 1 aliphatic rings. The minimum atomic E-state index is -0.377. The van der Waals surface area contributed by atoms with Gasteiger partial charge in [-0.25, -0.2) is 9.18 Å². The molecule has 0 bridgehead atoms. The van der Waals surface area contributed by atoms with Crippen molar-refractivity contribution in [2.24, 2.45) is 0 Å². The van der Waals surface area contributed by atoms with Gasteiger partial charge in [0.2, 0.25) is 0 Å². The summed E-state index contributed by atoms with van der Waals surface area (Å²) in [5.74, 6) is -0.638. The molecule has 1 aromatic carbocycles. The number of fused-ring (bicyclic) bond motifs is 1. The van der Waals surface area contributed by atoms with Gasteiger partial charge < -0.3 is 10.1 Å². The Hall–Kier alpha value is -1.42. The molecule has 1 aliphatic heterocycles. The number of benzene rings is 1. The fraction of sp³-hybridized carbons (Fsp3) is 0.364. The number of hydrogen-bond donors (Lipinski definition) is 1. The zero-order valence-electron chi connectivity index (χ0n) is 8.47. The normalized spacial score (nSPS) is 13.7. The van der Waals surface area contributed by atoms with Crippen LogP contribution in [0.3, 0.4) is 0 Å². The van der Waals surface area contributed by atoms with Crippen molar-refractivity contribution in [1.82, 2.24) is 5.32 Å². The predicted octanol–water partition coefficient (Wildman–Crippen LogP) is 1.61. The van der Waals surface area contributed by atoms with Crippen LogP contribution in [0.2, 0.25) is 0 Å². The van der Waals surface area contributed by atoms with Gasteiger partial charge in [0.05, 0.1) is 12.2 Å². The molecule has 4 heteroatoms. The number of ether oxygens (including phenoxy) is 1. The van der Waals surface area contributed by atoms with Crippen LogP contribution < -0.4 is 5.32 Å². The number of carbonyl (C=O) groups is 1. The highest BCUT2D eigenvalue weighted by molar-refractivity contribution is 5.91. The van der Waals surface area contributed by atoms with Crippen molar-refractivity contribution in [3.8, 4) is 0 Å². The fourth-order valence-electron chi connectivity index (χ4n) is 1.77. The summed E-state index contributed by atoms with van der Waals surface area (Å²) in [6.07, 6.45) is 0. The average molecular weight is 209 g/mol. The third kappa shape index (κ3) is 1.72. The second-order valence-corrected chi connectivity index (χ2v) is 3.38. The molecule has 0 amide bonds. The van der Waals surface area contributed by atoms with E-state index in [4.69, 9.17) is 4.74 Å². The Kier molecular flexibility index (Phi) is 2.68. The maximum atomic E-state index is 13.3. The van der Waals surface area contributed by atoms with Gasteiger partial charge in [0.25, 0.3) is 0 Å². The quantitative estimate of drug-likeness (QED) is 0.752. The van der Waals surface area contributed by atoms with Crippen LogP contribution in [-0.4, -0.2) is 12.6 Å². The summed E-state index contributed by atoms with van der Waals surface area (Å²) in [5.41, 5.74) is 1.78. The van der Waals surface area contributed by atoms with Gasteiger partial charge in [-0.2, -0.15) is 0 Å². The third-order valence-electron chi connectivity index (χ3n) is 2.47. The molecule has 0 atom stereocenters. The van der Waals surface area contributed by atoms with Crippen LogP contribution in [0.25, 0.3) is 0 Å². The highest BCUT2D eigenvalue weighted by Crippen LogP contribution is 2.23. The largest absolute Gasteiger partial charge is 0.462 e. The Labute approximate surface area is 87.2 Å². The van der Waals surface area contributed by atoms with Crippen LogP contribution in [0.1, 0.15) is 28.4 Å². The molecule has 2 rings (SSSR count). The van der Waals surface area contributed by atoms with Crippen molar-refractivity contribution >= 4 is 5.97 Å². The number of esters is 1. The summed E-state index contributed by atoms with van der Waals surface area (Å²) in [5, 5.41) is 3.02. The van der Waals surface area contributed by atoms with E-state index in [0.29, 0.717) is 30.8 Å². The molecule has 1 aromatic rings. The summed E-state index contributed by atoms with van der Waals surface area (Å²) in [6, 6.07) is 2.80. The van der Waals surface area contributed by atoms with Gasteiger partial charge in [0, 0.05) is 18.7 Å². The number of halogens is 1. The smallest absolute Gasteiger partial charge is 0.338 e. The first kappa shape index (κ1) is 10.1. The second kappa shape index (κ2) is 3.98. The highest BCUT2D eigenvalue weighted by atomic mass is 19.1. The summed E-state index contributed by atoms with van der Waals surface area (Å²) >= 11 is 0. The molecule has 1 heterocycles. The molecule has 3 nitrogen and oxygen atoms in total. The summed E-state index contributed by atoms with van der Waals surface area (Å²) in [4.78, 5) is 11.5. The molecule has 1 N–H and O–H groups in total. The lowest BCUT2D eigenvalue weighted by Gasteiger charge is -2.07. The summed E-state index contributed by atoms with van der Waals surface area (Å²) in [6.45, 7) is 3.09. The monoisotopic (exact) mass is 209 g/mol. The zero-order chi connectivity index (χ0) is 10.8. The third-order valence-corrected chi connectivity index (χ3v) is 2.47. The van der Waals surface area contributed by atoms with E-state index in [1.165, 1.54) is 12.1 Å². The lowest BCUT2D eigenvalue weighted by atomic mass is 10.0. The topological polar surface area (TPSA) is 38.3 Å². The lowest BCUT2D eigenvalue weighted by molar-refractivity contribution is 0.0525. The summed E-state index contributed by atoms with van der Waals surface area (Å²) in [7, 11) is 0. The molecular weight excluding hydrogens is 197 g/mol. The van der Waals surface area contributed by atoms with E-state index in [1.807, 2.05) is 0 Å². The van der Waals surface area contributed by atoms with Crippen molar-refractivity contribution in [2.45, 2.75) is 20.0 Å². The van der Waals surface area contributed by atoms with Crippen molar-refractivity contribution in [3.05, 3.63) is 34.6 Å². The fourth-order valence-corrected chi connectivity index (χ4v) is 1.77. The van der Waals surface area contributed by atoms with Gasteiger partial charge in [0.15, 0.2) is 0 Å². The maximum Gasteiger partial charge on any atom is 0.338 e. The number of rotatable bonds is 2. The Morgan fingerprint density at radius 3 is 2.93 bits per heavy atom. The van der Waals surface area contributed by atoms with Gasteiger partial charge in [-0.15, -0.1) is 0 Å². The van der Waals surface area contributed by atoms with E-state index in [-0.39, 0.29) is 11.8 Å². The first-order valence-corrected chi connectivity index (χ1v) is 4.92. The van der Waals surface area contributed by atoms with Crippen LogP contribution in [-0.2, 0) is 17.8 Å². The van der Waals surface area contributed by atoms with Crippen LogP contribution in [0.5, 0.6) is 0 Å². The molecule has 0 aromatic heterocycles. The molecule has 0 fully saturated rings. The molecule has 15 heavy (non-hydrogen) atoms. The Morgan fingerprint density at radius 1 is 1.47 bits per heavy atom. The standard InChI is InChI=1S/C11H12FNO2/c1-2-15-11(14)7-3-4-10(12)9-6-13-5-8(7)9/h3-4,13H,2,5-6H2,1H3. The Morgan fingerprint density at radius 2 is 2.20 bits per heavy atom. The van der Waals surface area contributed by atoms with E-state index in [1.54, 1.807) is 6.92 Å². The first-order chi connectivity index (χ1) is 7.24. The minimum absolute atomic E-state index is 0.261. The van der Waals surface area contributed by atoms with E-state index in [9.17, 15) is 9.18 Å². The molecule has 0 unspecified atom stereocenters. The average Bonchev–Trinajstić information content (AvgIpc) is 2.68. The summed E-state index contributed by atoms with van der Waals surface area (Å²) < 4.78 is 18.2. The molecule has 0 saturated heterocycles. The zero-order valence-corrected chi connectivity index (χ0v) is 8.47. The molecule has 0 radical (unpaired) electrons. The van der Waals surface area contributed by atoms with E-state index >= 15 is 0 Å². The van der Waals surface area contributed by atoms with Gasteiger partial charge in [-0.1, -0.05) is 0 Å². The number of carbonyl (C=O) groups excluding carboxylic acids is 1. The lowest BCUT2D eigenvalue weighted by Crippen LogP contribution is -2.09. The van der Waals surface area contributed by atoms with Crippen LogP contribution in [0, 0.1) is 5.82 Å². The van der Waals surface area contributed by atoms with Gasteiger partial charge in [-0.05, 0) is 24.6 Å². The SMILES string of the molecule is CCOC(=O)c1ccc(F)c2c1CNC2. The van der Waals surface area contributed by atoms with E-state index in [0.717, 1.165) is 5.56 Å². The van der Waals surface area contributed by atoms with Crippen molar-refractivity contribution in [1.29, 1.82) is 0 Å².